The van der Waals surface area contributed by atoms with E-state index in [0.29, 0.717) is 22.0 Å². The maximum atomic E-state index is 12.5. The van der Waals surface area contributed by atoms with E-state index in [-0.39, 0.29) is 5.91 Å². The number of benzene rings is 2. The number of rotatable bonds is 5. The molecule has 128 valence electrons. The van der Waals surface area contributed by atoms with Crippen molar-refractivity contribution in [3.63, 3.8) is 0 Å². The number of carbonyl (C=O) groups excluding carboxylic acids is 1. The Hall–Kier alpha value is -2.09. The van der Waals surface area contributed by atoms with Gasteiger partial charge in [0.15, 0.2) is 0 Å². The maximum absolute atomic E-state index is 12.5. The molecule has 24 heavy (non-hydrogen) atoms. The van der Waals surface area contributed by atoms with Gasteiger partial charge in [-0.1, -0.05) is 11.6 Å². The molecule has 0 saturated carbocycles. The van der Waals surface area contributed by atoms with E-state index in [0.717, 1.165) is 4.31 Å². The monoisotopic (exact) mass is 367 g/mol. The lowest BCUT2D eigenvalue weighted by atomic mass is 10.1. The van der Waals surface area contributed by atoms with Gasteiger partial charge >= 0.3 is 10.2 Å². The van der Waals surface area contributed by atoms with Crippen LogP contribution in [-0.4, -0.2) is 39.8 Å². The third-order valence-electron chi connectivity index (χ3n) is 3.38. The molecule has 0 aliphatic rings. The van der Waals surface area contributed by atoms with Crippen LogP contribution in [0, 0.1) is 0 Å². The summed E-state index contributed by atoms with van der Waals surface area (Å²) in [5, 5.41) is 0.595. The Balaban J connectivity index is 2.15. The van der Waals surface area contributed by atoms with Gasteiger partial charge in [-0.25, -0.2) is 0 Å². The highest BCUT2D eigenvalue weighted by Crippen LogP contribution is 2.20. The standard InChI is InChI=1S/C16H18ClN3O3S/c1-19(2)24(22,23)18-14-8-4-12(5-9-14)16(21)20(3)15-10-6-13(17)7-11-15/h4-11,18H,1-3H3. The minimum absolute atomic E-state index is 0.209. The number of anilines is 2. The molecule has 0 bridgehead atoms. The molecular weight excluding hydrogens is 350 g/mol. The summed E-state index contributed by atoms with van der Waals surface area (Å²) in [6.45, 7) is 0. The van der Waals surface area contributed by atoms with Crippen molar-refractivity contribution in [3.05, 3.63) is 59.1 Å². The number of carbonyl (C=O) groups is 1. The topological polar surface area (TPSA) is 69.7 Å². The van der Waals surface area contributed by atoms with Crippen LogP contribution in [0.25, 0.3) is 0 Å². The van der Waals surface area contributed by atoms with E-state index in [4.69, 9.17) is 11.6 Å². The van der Waals surface area contributed by atoms with Crippen LogP contribution < -0.4 is 9.62 Å². The molecule has 0 atom stereocenters. The van der Waals surface area contributed by atoms with Crippen LogP contribution in [0.5, 0.6) is 0 Å². The molecule has 2 aromatic carbocycles. The molecule has 0 spiro atoms. The Labute approximate surface area is 146 Å². The van der Waals surface area contributed by atoms with Crippen LogP contribution in [0.15, 0.2) is 48.5 Å². The lowest BCUT2D eigenvalue weighted by Crippen LogP contribution is -2.29. The zero-order valence-corrected chi connectivity index (χ0v) is 15.1. The molecule has 0 unspecified atom stereocenters. The van der Waals surface area contributed by atoms with Crippen molar-refractivity contribution in [1.82, 2.24) is 4.31 Å². The van der Waals surface area contributed by atoms with Crippen LogP contribution in [-0.2, 0) is 10.2 Å². The number of halogens is 1. The Morgan fingerprint density at radius 3 is 2.00 bits per heavy atom. The molecule has 0 aliphatic carbocycles. The van der Waals surface area contributed by atoms with Gasteiger partial charge in [-0.05, 0) is 48.5 Å². The second kappa shape index (κ2) is 7.21. The molecule has 1 N–H and O–H groups in total. The highest BCUT2D eigenvalue weighted by Gasteiger charge is 2.15. The molecule has 6 nitrogen and oxygen atoms in total. The van der Waals surface area contributed by atoms with Crippen molar-refractivity contribution >= 4 is 39.1 Å². The minimum atomic E-state index is -3.57. The number of hydrogen-bond donors (Lipinski definition) is 1. The Morgan fingerprint density at radius 2 is 1.50 bits per heavy atom. The third kappa shape index (κ3) is 4.25. The molecule has 0 heterocycles. The van der Waals surface area contributed by atoms with Gasteiger partial charge in [0.1, 0.15) is 0 Å². The number of nitrogens with one attached hydrogen (secondary N) is 1. The van der Waals surface area contributed by atoms with Gasteiger partial charge in [-0.3, -0.25) is 9.52 Å². The highest BCUT2D eigenvalue weighted by molar-refractivity contribution is 7.90. The van der Waals surface area contributed by atoms with E-state index in [2.05, 4.69) is 4.72 Å². The summed E-state index contributed by atoms with van der Waals surface area (Å²) in [5.41, 5.74) is 1.54. The van der Waals surface area contributed by atoms with Crippen molar-refractivity contribution in [1.29, 1.82) is 0 Å². The van der Waals surface area contributed by atoms with Gasteiger partial charge in [-0.15, -0.1) is 0 Å². The largest absolute Gasteiger partial charge is 0.311 e. The summed E-state index contributed by atoms with van der Waals surface area (Å²) in [6.07, 6.45) is 0. The third-order valence-corrected chi connectivity index (χ3v) is 5.09. The zero-order valence-electron chi connectivity index (χ0n) is 13.5. The summed E-state index contributed by atoms with van der Waals surface area (Å²) in [6, 6.07) is 13.2. The molecule has 8 heteroatoms. The summed E-state index contributed by atoms with van der Waals surface area (Å²) in [4.78, 5) is 14.0. The van der Waals surface area contributed by atoms with Gasteiger partial charge in [0.2, 0.25) is 0 Å². The summed E-state index contributed by atoms with van der Waals surface area (Å²) >= 11 is 5.84. The molecule has 1 amide bonds. The molecule has 0 radical (unpaired) electrons. The van der Waals surface area contributed by atoms with E-state index in [1.54, 1.807) is 55.6 Å². The first-order valence-electron chi connectivity index (χ1n) is 7.04. The van der Waals surface area contributed by atoms with Gasteiger partial charge in [0.05, 0.1) is 0 Å². The fourth-order valence-electron chi connectivity index (χ4n) is 1.90. The molecule has 0 saturated heterocycles. The smallest absolute Gasteiger partial charge is 0.301 e. The van der Waals surface area contributed by atoms with E-state index in [1.807, 2.05) is 0 Å². The molecular formula is C16H18ClN3O3S. The van der Waals surface area contributed by atoms with Crippen LogP contribution in [0.2, 0.25) is 5.02 Å². The van der Waals surface area contributed by atoms with Crippen molar-refractivity contribution in [2.24, 2.45) is 0 Å². The van der Waals surface area contributed by atoms with Crippen LogP contribution in [0.3, 0.4) is 0 Å². The van der Waals surface area contributed by atoms with Crippen molar-refractivity contribution in [3.8, 4) is 0 Å². The normalized spacial score (nSPS) is 11.4. The van der Waals surface area contributed by atoms with Crippen LogP contribution in [0.1, 0.15) is 10.4 Å². The minimum Gasteiger partial charge on any atom is -0.311 e. The van der Waals surface area contributed by atoms with E-state index >= 15 is 0 Å². The first-order valence-corrected chi connectivity index (χ1v) is 8.86. The molecule has 0 aromatic heterocycles. The number of amides is 1. The Kier molecular flexibility index (Phi) is 5.48. The first kappa shape index (κ1) is 18.3. The fourth-order valence-corrected chi connectivity index (χ4v) is 2.64. The molecule has 0 aliphatic heterocycles. The molecule has 0 fully saturated rings. The first-order chi connectivity index (χ1) is 11.2. The predicted octanol–water partition coefficient (Wildman–Crippen LogP) is 2.83. The van der Waals surface area contributed by atoms with Crippen LogP contribution in [0.4, 0.5) is 11.4 Å². The number of hydrogen-bond acceptors (Lipinski definition) is 3. The number of nitrogens with zero attached hydrogens (tertiary/aromatic N) is 2. The van der Waals surface area contributed by atoms with E-state index in [1.165, 1.54) is 19.0 Å². The van der Waals surface area contributed by atoms with Gasteiger partial charge in [0.25, 0.3) is 5.91 Å². The summed E-state index contributed by atoms with van der Waals surface area (Å²) < 4.78 is 27.0. The highest BCUT2D eigenvalue weighted by atomic mass is 35.5. The zero-order chi connectivity index (χ0) is 17.9. The average Bonchev–Trinajstić information content (AvgIpc) is 2.54. The second-order valence-corrected chi connectivity index (χ2v) is 7.63. The lowest BCUT2D eigenvalue weighted by molar-refractivity contribution is 0.0993. The maximum Gasteiger partial charge on any atom is 0.301 e. The SMILES string of the molecule is CN(C(=O)c1ccc(NS(=O)(=O)N(C)C)cc1)c1ccc(Cl)cc1. The fraction of sp³-hybridized carbons (Fsp3) is 0.188. The van der Waals surface area contributed by atoms with Crippen LogP contribution >= 0.6 is 11.6 Å². The van der Waals surface area contributed by atoms with E-state index < -0.39 is 10.2 Å². The van der Waals surface area contributed by atoms with Gasteiger partial charge in [0, 0.05) is 43.1 Å². The predicted molar refractivity (Wildman–Crippen MR) is 96.9 cm³/mol. The van der Waals surface area contributed by atoms with Crippen molar-refractivity contribution in [2.75, 3.05) is 30.8 Å². The summed E-state index contributed by atoms with van der Waals surface area (Å²) in [7, 11) is 0.952. The Morgan fingerprint density at radius 1 is 0.958 bits per heavy atom. The molecule has 2 aromatic rings. The quantitative estimate of drug-likeness (QED) is 0.883. The van der Waals surface area contributed by atoms with Crippen molar-refractivity contribution < 1.29 is 13.2 Å². The second-order valence-electron chi connectivity index (χ2n) is 5.31. The summed E-state index contributed by atoms with van der Waals surface area (Å²) in [5.74, 6) is -0.209. The van der Waals surface area contributed by atoms with Crippen molar-refractivity contribution in [2.45, 2.75) is 0 Å². The van der Waals surface area contributed by atoms with Gasteiger partial charge in [-0.2, -0.15) is 12.7 Å². The van der Waals surface area contributed by atoms with Gasteiger partial charge < -0.3 is 4.90 Å². The average molecular weight is 368 g/mol. The Bertz CT molecular complexity index is 819. The molecule has 2 rings (SSSR count). The van der Waals surface area contributed by atoms with E-state index in [9.17, 15) is 13.2 Å². The lowest BCUT2D eigenvalue weighted by Gasteiger charge is -2.18.